The first-order valence-corrected chi connectivity index (χ1v) is 18.3. The molecule has 1 aromatic heterocycles. The van der Waals surface area contributed by atoms with Crippen molar-refractivity contribution in [3.63, 3.8) is 0 Å². The summed E-state index contributed by atoms with van der Waals surface area (Å²) in [7, 11) is 1.78. The average Bonchev–Trinajstić information content (AvgIpc) is 3.69. The number of carbonyl (C=O) groups is 2. The van der Waals surface area contributed by atoms with Crippen molar-refractivity contribution in [1.29, 1.82) is 0 Å². The Morgan fingerprint density at radius 2 is 1.77 bits per heavy atom. The first-order valence-electron chi connectivity index (χ1n) is 18.3. The van der Waals surface area contributed by atoms with E-state index < -0.39 is 11.6 Å². The quantitative estimate of drug-likeness (QED) is 0.376. The molecule has 2 aromatic carbocycles. The number of likely N-dealkylation sites (tertiary alicyclic amines) is 1. The van der Waals surface area contributed by atoms with Gasteiger partial charge in [0.25, 0.3) is 5.91 Å². The lowest BCUT2D eigenvalue weighted by atomic mass is 9.53. The molecule has 0 spiro atoms. The average molecular weight is 651 g/mol. The predicted octanol–water partition coefficient (Wildman–Crippen LogP) is 5.80. The number of rotatable bonds is 5. The summed E-state index contributed by atoms with van der Waals surface area (Å²) < 4.78 is 5.96. The number of amides is 2. The minimum Gasteiger partial charge on any atom is -0.496 e. The van der Waals surface area contributed by atoms with Gasteiger partial charge in [0, 0.05) is 50.2 Å². The van der Waals surface area contributed by atoms with Gasteiger partial charge in [-0.3, -0.25) is 14.5 Å². The van der Waals surface area contributed by atoms with E-state index in [1.165, 1.54) is 23.1 Å². The highest BCUT2D eigenvalue weighted by Crippen LogP contribution is 2.64. The van der Waals surface area contributed by atoms with Crippen LogP contribution in [0.3, 0.4) is 0 Å². The molecule has 3 aromatic rings. The number of ether oxygens (including phenoxy) is 1. The van der Waals surface area contributed by atoms with E-state index in [9.17, 15) is 14.7 Å². The van der Waals surface area contributed by atoms with Gasteiger partial charge in [-0.2, -0.15) is 0 Å². The Kier molecular flexibility index (Phi) is 8.03. The summed E-state index contributed by atoms with van der Waals surface area (Å²) in [5, 5.41) is 12.3. The minimum absolute atomic E-state index is 0.0220. The molecule has 48 heavy (non-hydrogen) atoms. The molecule has 8 rings (SSSR count). The highest BCUT2D eigenvalue weighted by atomic mass is 16.5. The third-order valence-corrected chi connectivity index (χ3v) is 13.4. The molecular formula is C40H50N4O4. The molecule has 3 heterocycles. The van der Waals surface area contributed by atoms with Gasteiger partial charge in [-0.1, -0.05) is 37.3 Å². The van der Waals surface area contributed by atoms with Crippen molar-refractivity contribution in [2.45, 2.75) is 89.3 Å². The van der Waals surface area contributed by atoms with Gasteiger partial charge < -0.3 is 19.6 Å². The SMILES string of the molecule is COc1cc2c(cc1CN1CCN(C(=O)[C@@H]3CCCN3C(=O)c3ccc4ccccc4n3)CC1)[C@H]1CC[C@@]3(C)[C@@H](CC[C@]3(C)O)[C@@H]1CC2. The van der Waals surface area contributed by atoms with E-state index in [1.807, 2.05) is 35.2 Å². The summed E-state index contributed by atoms with van der Waals surface area (Å²) in [5.74, 6) is 2.66. The first kappa shape index (κ1) is 31.8. The highest BCUT2D eigenvalue weighted by molar-refractivity contribution is 5.98. The lowest BCUT2D eigenvalue weighted by Gasteiger charge is -2.52. The van der Waals surface area contributed by atoms with E-state index in [1.54, 1.807) is 18.1 Å². The Hall–Kier alpha value is -3.49. The summed E-state index contributed by atoms with van der Waals surface area (Å²) >= 11 is 0. The largest absolute Gasteiger partial charge is 0.496 e. The summed E-state index contributed by atoms with van der Waals surface area (Å²) in [5.41, 5.74) is 4.85. The van der Waals surface area contributed by atoms with Crippen LogP contribution >= 0.6 is 0 Å². The van der Waals surface area contributed by atoms with Gasteiger partial charge in [0.1, 0.15) is 17.5 Å². The Morgan fingerprint density at radius 3 is 2.58 bits per heavy atom. The number of para-hydroxylation sites is 1. The fraction of sp³-hybridized carbons (Fsp3) is 0.575. The Balaban J connectivity index is 0.929. The van der Waals surface area contributed by atoms with Gasteiger partial charge in [-0.05, 0) is 111 Å². The van der Waals surface area contributed by atoms with E-state index in [0.717, 1.165) is 74.8 Å². The molecule has 0 unspecified atom stereocenters. The van der Waals surface area contributed by atoms with Crippen LogP contribution in [0, 0.1) is 17.3 Å². The van der Waals surface area contributed by atoms with E-state index in [2.05, 4.69) is 35.9 Å². The Bertz CT molecular complexity index is 1730. The molecule has 2 amide bonds. The zero-order chi connectivity index (χ0) is 33.2. The maximum Gasteiger partial charge on any atom is 0.273 e. The third kappa shape index (κ3) is 5.22. The van der Waals surface area contributed by atoms with Crippen molar-refractivity contribution in [1.82, 2.24) is 19.7 Å². The normalized spacial score (nSPS) is 31.8. The molecule has 8 nitrogen and oxygen atoms in total. The molecule has 2 saturated carbocycles. The minimum atomic E-state index is -0.558. The zero-order valence-electron chi connectivity index (χ0n) is 28.8. The van der Waals surface area contributed by atoms with Crippen molar-refractivity contribution < 1.29 is 19.4 Å². The topological polar surface area (TPSA) is 86.2 Å². The molecule has 1 N–H and O–H groups in total. The van der Waals surface area contributed by atoms with Gasteiger partial charge in [0.05, 0.1) is 18.2 Å². The van der Waals surface area contributed by atoms with Crippen LogP contribution in [0.25, 0.3) is 10.9 Å². The molecule has 6 atom stereocenters. The number of pyridine rings is 1. The second-order valence-corrected chi connectivity index (χ2v) is 15.7. The summed E-state index contributed by atoms with van der Waals surface area (Å²) in [6.07, 6.45) is 8.10. The van der Waals surface area contributed by atoms with E-state index in [0.29, 0.717) is 49.5 Å². The number of hydrogen-bond donors (Lipinski definition) is 1. The summed E-state index contributed by atoms with van der Waals surface area (Å²) in [6.45, 7) is 8.71. The van der Waals surface area contributed by atoms with Crippen molar-refractivity contribution >= 4 is 22.7 Å². The number of fused-ring (bicyclic) bond motifs is 6. The molecule has 2 saturated heterocycles. The van der Waals surface area contributed by atoms with Crippen molar-refractivity contribution in [3.05, 3.63) is 70.9 Å². The molecule has 5 aliphatic rings. The number of nitrogens with zero attached hydrogens (tertiary/aromatic N) is 4. The maximum atomic E-state index is 13.8. The predicted molar refractivity (Wildman–Crippen MR) is 186 cm³/mol. The second kappa shape index (κ2) is 12.1. The maximum absolute atomic E-state index is 13.8. The monoisotopic (exact) mass is 650 g/mol. The first-order chi connectivity index (χ1) is 23.2. The number of methoxy groups -OCH3 is 1. The van der Waals surface area contributed by atoms with Crippen molar-refractivity contribution in [2.24, 2.45) is 17.3 Å². The molecule has 8 heteroatoms. The van der Waals surface area contributed by atoms with Crippen molar-refractivity contribution in [2.75, 3.05) is 39.8 Å². The van der Waals surface area contributed by atoms with Gasteiger partial charge in [-0.15, -0.1) is 0 Å². The highest BCUT2D eigenvalue weighted by Gasteiger charge is 2.59. The lowest BCUT2D eigenvalue weighted by molar-refractivity contribution is -0.137. The molecular weight excluding hydrogens is 600 g/mol. The molecule has 0 radical (unpaired) electrons. The van der Waals surface area contributed by atoms with Gasteiger partial charge in [0.15, 0.2) is 0 Å². The second-order valence-electron chi connectivity index (χ2n) is 15.7. The van der Waals surface area contributed by atoms with Crippen molar-refractivity contribution in [3.8, 4) is 5.75 Å². The van der Waals surface area contributed by atoms with E-state index in [-0.39, 0.29) is 17.2 Å². The Labute approximate surface area is 284 Å². The third-order valence-electron chi connectivity index (χ3n) is 13.4. The number of hydrogen-bond acceptors (Lipinski definition) is 6. The van der Waals surface area contributed by atoms with Crippen LogP contribution < -0.4 is 4.74 Å². The van der Waals surface area contributed by atoms with Crippen LogP contribution in [0.5, 0.6) is 5.75 Å². The van der Waals surface area contributed by atoms with E-state index in [4.69, 9.17) is 4.74 Å². The zero-order valence-corrected chi connectivity index (χ0v) is 28.8. The fourth-order valence-electron chi connectivity index (χ4n) is 10.4. The fourth-order valence-corrected chi connectivity index (χ4v) is 10.4. The summed E-state index contributed by atoms with van der Waals surface area (Å²) in [4.78, 5) is 38.1. The summed E-state index contributed by atoms with van der Waals surface area (Å²) in [6, 6.07) is 15.8. The lowest BCUT2D eigenvalue weighted by Crippen LogP contribution is -2.54. The van der Waals surface area contributed by atoms with E-state index >= 15 is 0 Å². The number of aliphatic hydroxyl groups is 1. The number of aryl methyl sites for hydroxylation is 1. The van der Waals surface area contributed by atoms with Crippen LogP contribution in [-0.2, 0) is 17.8 Å². The van der Waals surface area contributed by atoms with Crippen LogP contribution in [0.4, 0.5) is 0 Å². The van der Waals surface area contributed by atoms with Gasteiger partial charge in [-0.25, -0.2) is 4.98 Å². The molecule has 2 aliphatic heterocycles. The van der Waals surface area contributed by atoms with Crippen LogP contribution in [0.2, 0.25) is 0 Å². The number of aromatic nitrogens is 1. The van der Waals surface area contributed by atoms with Gasteiger partial charge >= 0.3 is 0 Å². The Morgan fingerprint density at radius 1 is 0.958 bits per heavy atom. The molecule has 3 aliphatic carbocycles. The smallest absolute Gasteiger partial charge is 0.273 e. The number of carbonyl (C=O) groups excluding carboxylic acids is 2. The molecule has 0 bridgehead atoms. The van der Waals surface area contributed by atoms with Crippen LogP contribution in [-0.4, -0.2) is 88.1 Å². The number of piperazine rings is 1. The van der Waals surface area contributed by atoms with Gasteiger partial charge in [0.2, 0.25) is 5.91 Å². The molecule has 4 fully saturated rings. The van der Waals surface area contributed by atoms with Crippen LogP contribution in [0.15, 0.2) is 48.5 Å². The standard InChI is InChI=1S/C40H50N4O4/c1-39-16-14-29-30(32(39)15-17-40(39,2)47)12-10-27-24-36(48-3)28(23-31(27)29)25-42-19-21-43(22-20-42)38(46)35-9-6-18-44(35)37(45)34-13-11-26-7-4-5-8-33(26)41-34/h4-5,7-8,11,13,23-24,29-30,32,35,47H,6,9-10,12,14-22,25H2,1-3H3/t29-,30+,32-,35-,39-,40-/m0/s1. The molecule has 254 valence electrons. The number of benzene rings is 2. The van der Waals surface area contributed by atoms with Crippen LogP contribution in [0.1, 0.15) is 91.9 Å².